The molecule has 5 heteroatoms. The Labute approximate surface area is 167 Å². The fraction of sp³-hybridized carbons (Fsp3) is 0.478. The van der Waals surface area contributed by atoms with Crippen LogP contribution < -0.4 is 19.5 Å². The van der Waals surface area contributed by atoms with Crippen molar-refractivity contribution in [3.8, 4) is 17.2 Å². The predicted octanol–water partition coefficient (Wildman–Crippen LogP) is 3.15. The molecule has 0 amide bonds. The molecule has 28 heavy (non-hydrogen) atoms. The normalized spacial score (nSPS) is 14.2. The van der Waals surface area contributed by atoms with E-state index in [0.717, 1.165) is 48.6 Å². The summed E-state index contributed by atoms with van der Waals surface area (Å²) in [6, 6.07) is 12.2. The van der Waals surface area contributed by atoms with Gasteiger partial charge in [-0.25, -0.2) is 0 Å². The fourth-order valence-corrected chi connectivity index (χ4v) is 3.66. The van der Waals surface area contributed by atoms with E-state index in [1.54, 1.807) is 14.2 Å². The summed E-state index contributed by atoms with van der Waals surface area (Å²) in [5.41, 5.74) is 3.88. The van der Waals surface area contributed by atoms with Crippen molar-refractivity contribution in [2.24, 2.45) is 0 Å². The Hall–Kier alpha value is -2.24. The number of hydrogen-bond donors (Lipinski definition) is 2. The molecule has 0 spiro atoms. The number of hydrogen-bond acceptors (Lipinski definition) is 5. The Kier molecular flexibility index (Phi) is 7.57. The third-order valence-electron chi connectivity index (χ3n) is 5.20. The van der Waals surface area contributed by atoms with E-state index in [-0.39, 0.29) is 0 Å². The highest BCUT2D eigenvalue weighted by Crippen LogP contribution is 2.29. The standard InChI is InChI=1S/C23H31NO4/c1-26-22-11-10-17(14-23(22)27-2)12-13-24-15-19(25)16-28-21-9-5-7-18-6-3-4-8-20(18)21/h5,7,9-11,14,19,24-25H,3-4,6,8,12-13,15-16H2,1-2H3. The van der Waals surface area contributed by atoms with E-state index < -0.39 is 6.10 Å². The quantitative estimate of drug-likeness (QED) is 0.615. The number of rotatable bonds is 10. The molecule has 0 saturated heterocycles. The highest BCUT2D eigenvalue weighted by molar-refractivity contribution is 5.43. The third kappa shape index (κ3) is 5.40. The molecule has 3 rings (SSSR count). The lowest BCUT2D eigenvalue weighted by Crippen LogP contribution is -2.32. The molecule has 0 radical (unpaired) electrons. The van der Waals surface area contributed by atoms with Crippen LogP contribution in [0, 0.1) is 0 Å². The molecule has 1 aliphatic carbocycles. The Balaban J connectivity index is 1.40. The van der Waals surface area contributed by atoms with Gasteiger partial charge in [-0.3, -0.25) is 0 Å². The minimum absolute atomic E-state index is 0.305. The van der Waals surface area contributed by atoms with Gasteiger partial charge in [0.05, 0.1) is 14.2 Å². The molecule has 152 valence electrons. The summed E-state index contributed by atoms with van der Waals surface area (Å²) < 4.78 is 16.5. The van der Waals surface area contributed by atoms with Gasteiger partial charge in [0.25, 0.3) is 0 Å². The minimum Gasteiger partial charge on any atom is -0.493 e. The van der Waals surface area contributed by atoms with E-state index in [1.807, 2.05) is 30.3 Å². The molecule has 1 aliphatic rings. The molecular formula is C23H31NO4. The summed E-state index contributed by atoms with van der Waals surface area (Å²) >= 11 is 0. The van der Waals surface area contributed by atoms with Gasteiger partial charge in [0.2, 0.25) is 0 Å². The van der Waals surface area contributed by atoms with Crippen molar-refractivity contribution in [2.75, 3.05) is 33.9 Å². The number of ether oxygens (including phenoxy) is 3. The number of fused-ring (bicyclic) bond motifs is 1. The molecule has 2 aromatic carbocycles. The molecule has 2 N–H and O–H groups in total. The first kappa shape index (κ1) is 20.5. The minimum atomic E-state index is -0.537. The number of nitrogens with one attached hydrogen (secondary N) is 1. The first-order valence-corrected chi connectivity index (χ1v) is 10.0. The first-order valence-electron chi connectivity index (χ1n) is 10.0. The lowest BCUT2D eigenvalue weighted by Gasteiger charge is -2.20. The average Bonchev–Trinajstić information content (AvgIpc) is 2.75. The van der Waals surface area contributed by atoms with Crippen molar-refractivity contribution >= 4 is 0 Å². The molecule has 0 aliphatic heterocycles. The highest BCUT2D eigenvalue weighted by Gasteiger charge is 2.15. The van der Waals surface area contributed by atoms with Gasteiger partial charge in [-0.15, -0.1) is 0 Å². The van der Waals surface area contributed by atoms with E-state index in [2.05, 4.69) is 11.4 Å². The van der Waals surface area contributed by atoms with Crippen molar-refractivity contribution in [1.29, 1.82) is 0 Å². The van der Waals surface area contributed by atoms with Gasteiger partial charge in [0, 0.05) is 6.54 Å². The Bertz CT molecular complexity index is 762. The predicted molar refractivity (Wildman–Crippen MR) is 111 cm³/mol. The molecule has 0 bridgehead atoms. The monoisotopic (exact) mass is 385 g/mol. The van der Waals surface area contributed by atoms with Gasteiger partial charge in [0.1, 0.15) is 18.5 Å². The van der Waals surface area contributed by atoms with Crippen LogP contribution in [0.3, 0.4) is 0 Å². The maximum atomic E-state index is 10.2. The van der Waals surface area contributed by atoms with Crippen molar-refractivity contribution in [3.63, 3.8) is 0 Å². The van der Waals surface area contributed by atoms with Crippen molar-refractivity contribution < 1.29 is 19.3 Å². The number of benzene rings is 2. The lowest BCUT2D eigenvalue weighted by atomic mass is 9.91. The molecule has 5 nitrogen and oxygen atoms in total. The van der Waals surface area contributed by atoms with Crippen LogP contribution in [0.1, 0.15) is 29.5 Å². The van der Waals surface area contributed by atoms with Crippen LogP contribution in [0.25, 0.3) is 0 Å². The van der Waals surface area contributed by atoms with Gasteiger partial charge in [-0.2, -0.15) is 0 Å². The largest absolute Gasteiger partial charge is 0.493 e. The molecule has 2 aromatic rings. The maximum Gasteiger partial charge on any atom is 0.160 e. The van der Waals surface area contributed by atoms with Crippen LogP contribution in [-0.4, -0.2) is 45.1 Å². The Morgan fingerprint density at radius 2 is 1.82 bits per heavy atom. The molecule has 0 saturated carbocycles. The fourth-order valence-electron chi connectivity index (χ4n) is 3.66. The zero-order valence-electron chi connectivity index (χ0n) is 16.9. The van der Waals surface area contributed by atoms with Crippen LogP contribution in [0.4, 0.5) is 0 Å². The molecule has 0 aromatic heterocycles. The van der Waals surface area contributed by atoms with E-state index >= 15 is 0 Å². The van der Waals surface area contributed by atoms with Gasteiger partial charge < -0.3 is 24.6 Å². The van der Waals surface area contributed by atoms with Gasteiger partial charge in [-0.1, -0.05) is 18.2 Å². The van der Waals surface area contributed by atoms with Crippen LogP contribution in [-0.2, 0) is 19.3 Å². The van der Waals surface area contributed by atoms with Gasteiger partial charge in [0.15, 0.2) is 11.5 Å². The topological polar surface area (TPSA) is 60.0 Å². The Morgan fingerprint density at radius 3 is 2.64 bits per heavy atom. The highest BCUT2D eigenvalue weighted by atomic mass is 16.5. The van der Waals surface area contributed by atoms with Crippen molar-refractivity contribution in [3.05, 3.63) is 53.1 Å². The second-order valence-corrected chi connectivity index (χ2v) is 7.21. The van der Waals surface area contributed by atoms with Crippen LogP contribution in [0.2, 0.25) is 0 Å². The summed E-state index contributed by atoms with van der Waals surface area (Å²) in [4.78, 5) is 0. The SMILES string of the molecule is COc1ccc(CCNCC(O)COc2cccc3c2CCCC3)cc1OC. The Morgan fingerprint density at radius 1 is 1.00 bits per heavy atom. The second-order valence-electron chi connectivity index (χ2n) is 7.21. The third-order valence-corrected chi connectivity index (χ3v) is 5.20. The summed E-state index contributed by atoms with van der Waals surface area (Å²) in [7, 11) is 3.27. The van der Waals surface area contributed by atoms with E-state index in [9.17, 15) is 5.11 Å². The summed E-state index contributed by atoms with van der Waals surface area (Å²) in [5.74, 6) is 2.40. The average molecular weight is 386 g/mol. The zero-order valence-corrected chi connectivity index (χ0v) is 16.9. The molecule has 0 heterocycles. The smallest absolute Gasteiger partial charge is 0.160 e. The second kappa shape index (κ2) is 10.3. The first-order chi connectivity index (χ1) is 13.7. The number of aryl methyl sites for hydroxylation is 1. The number of aliphatic hydroxyl groups excluding tert-OH is 1. The van der Waals surface area contributed by atoms with Gasteiger partial charge in [-0.05, 0) is 73.5 Å². The molecular weight excluding hydrogens is 354 g/mol. The molecule has 1 unspecified atom stereocenters. The van der Waals surface area contributed by atoms with Crippen LogP contribution in [0.5, 0.6) is 17.2 Å². The number of methoxy groups -OCH3 is 2. The van der Waals surface area contributed by atoms with Crippen molar-refractivity contribution in [2.45, 2.75) is 38.2 Å². The van der Waals surface area contributed by atoms with Crippen LogP contribution in [0.15, 0.2) is 36.4 Å². The van der Waals surface area contributed by atoms with E-state index in [4.69, 9.17) is 14.2 Å². The molecule has 1 atom stereocenters. The summed E-state index contributed by atoms with van der Waals surface area (Å²) in [6.07, 6.45) is 4.99. The molecule has 0 fully saturated rings. The van der Waals surface area contributed by atoms with E-state index in [0.29, 0.717) is 13.2 Å². The lowest BCUT2D eigenvalue weighted by molar-refractivity contribution is 0.106. The number of aliphatic hydroxyl groups is 1. The van der Waals surface area contributed by atoms with Crippen LogP contribution >= 0.6 is 0 Å². The zero-order chi connectivity index (χ0) is 19.8. The summed E-state index contributed by atoms with van der Waals surface area (Å²) in [6.45, 7) is 1.58. The van der Waals surface area contributed by atoms with E-state index in [1.165, 1.54) is 24.0 Å². The summed E-state index contributed by atoms with van der Waals surface area (Å²) in [5, 5.41) is 13.5. The van der Waals surface area contributed by atoms with Gasteiger partial charge >= 0.3 is 0 Å². The van der Waals surface area contributed by atoms with Crippen molar-refractivity contribution in [1.82, 2.24) is 5.32 Å². The maximum absolute atomic E-state index is 10.2.